The van der Waals surface area contributed by atoms with Crippen LogP contribution < -0.4 is 10.5 Å². The molecule has 1 fully saturated rings. The monoisotopic (exact) mass is 361 g/mol. The molecule has 3 heterocycles. The average molecular weight is 362 g/mol. The molecule has 132 valence electrons. The highest BCUT2D eigenvalue weighted by molar-refractivity contribution is 6.63. The minimum absolute atomic E-state index is 0.0413. The fraction of sp³-hybridized carbons (Fsp3) is 0.529. The van der Waals surface area contributed by atoms with Crippen LogP contribution in [0.4, 0.5) is 11.5 Å². The summed E-state index contributed by atoms with van der Waals surface area (Å²) in [6.45, 7) is 4.96. The van der Waals surface area contributed by atoms with Gasteiger partial charge in [0.1, 0.15) is 5.38 Å². The Morgan fingerprint density at radius 3 is 2.52 bits per heavy atom. The third kappa shape index (κ3) is 2.49. The van der Waals surface area contributed by atoms with Gasteiger partial charge in [-0.15, -0.1) is 11.6 Å². The fourth-order valence-electron chi connectivity index (χ4n) is 3.75. The first kappa shape index (κ1) is 16.3. The van der Waals surface area contributed by atoms with Crippen molar-refractivity contribution in [3.05, 3.63) is 22.0 Å². The van der Waals surface area contributed by atoms with Crippen LogP contribution in [0.15, 0.2) is 21.4 Å². The third-order valence-electron chi connectivity index (χ3n) is 5.06. The van der Waals surface area contributed by atoms with Gasteiger partial charge in [-0.1, -0.05) is 0 Å². The summed E-state index contributed by atoms with van der Waals surface area (Å²) in [6, 6.07) is 0. The van der Waals surface area contributed by atoms with E-state index < -0.39 is 5.38 Å². The lowest BCUT2D eigenvalue weighted by molar-refractivity contribution is -0.114. The molecule has 1 unspecified atom stereocenters. The first-order valence-corrected chi connectivity index (χ1v) is 9.05. The Bertz CT molecular complexity index is 886. The minimum atomic E-state index is -1.03. The van der Waals surface area contributed by atoms with Crippen LogP contribution in [-0.4, -0.2) is 45.0 Å². The highest BCUT2D eigenvalue weighted by atomic mass is 35.5. The number of anilines is 1. The van der Waals surface area contributed by atoms with E-state index >= 15 is 0 Å². The molecule has 0 radical (unpaired) electrons. The van der Waals surface area contributed by atoms with Crippen molar-refractivity contribution in [2.24, 2.45) is 4.99 Å². The summed E-state index contributed by atoms with van der Waals surface area (Å²) < 4.78 is 3.75. The van der Waals surface area contributed by atoms with E-state index in [2.05, 4.69) is 9.89 Å². The summed E-state index contributed by atoms with van der Waals surface area (Å²) in [5.74, 6) is 0.566. The summed E-state index contributed by atoms with van der Waals surface area (Å²) >= 11 is 6.06. The van der Waals surface area contributed by atoms with E-state index in [4.69, 9.17) is 17.0 Å². The van der Waals surface area contributed by atoms with E-state index in [0.717, 1.165) is 44.7 Å². The van der Waals surface area contributed by atoms with Gasteiger partial charge < -0.3 is 10.3 Å². The number of aliphatic imine (C=N–C) groups is 1. The van der Waals surface area contributed by atoms with Crippen LogP contribution in [0, 0.1) is 5.41 Å². The number of ketones is 1. The predicted molar refractivity (Wildman–Crippen MR) is 98.0 cm³/mol. The highest BCUT2D eigenvalue weighted by Gasteiger charge is 2.32. The second-order valence-electron chi connectivity index (χ2n) is 6.74. The first-order chi connectivity index (χ1) is 12.0. The summed E-state index contributed by atoms with van der Waals surface area (Å²) in [6.07, 6.45) is 4.70. The number of hydrogen-bond acceptors (Lipinski definition) is 5. The summed E-state index contributed by atoms with van der Waals surface area (Å²) in [4.78, 5) is 31.5. The lowest BCUT2D eigenvalue weighted by atomic mass is 9.95. The smallest absolute Gasteiger partial charge is 0.294 e. The van der Waals surface area contributed by atoms with Crippen LogP contribution in [0.1, 0.15) is 26.2 Å². The molecule has 4 rings (SSSR count). The molecule has 1 aromatic heterocycles. The Morgan fingerprint density at radius 2 is 1.80 bits per heavy atom. The molecule has 1 aromatic rings. The molecule has 25 heavy (non-hydrogen) atoms. The molecule has 8 heteroatoms. The first-order valence-electron chi connectivity index (χ1n) is 8.61. The molecule has 2 aliphatic heterocycles. The molecular formula is C17H20ClN5O2. The molecule has 1 N–H and O–H groups in total. The molecule has 1 aliphatic carbocycles. The number of alkyl halides is 1. The van der Waals surface area contributed by atoms with Crippen LogP contribution >= 0.6 is 11.6 Å². The number of halogens is 1. The van der Waals surface area contributed by atoms with E-state index in [9.17, 15) is 9.59 Å². The van der Waals surface area contributed by atoms with Crippen molar-refractivity contribution in [2.45, 2.75) is 44.7 Å². The molecule has 3 aliphatic rings. The average Bonchev–Trinajstić information content (AvgIpc) is 3.31. The van der Waals surface area contributed by atoms with Crippen molar-refractivity contribution in [2.75, 3.05) is 18.0 Å². The molecule has 7 nitrogen and oxygen atoms in total. The molecule has 0 spiro atoms. The van der Waals surface area contributed by atoms with E-state index in [1.54, 1.807) is 17.7 Å². The largest absolute Gasteiger partial charge is 0.355 e. The van der Waals surface area contributed by atoms with E-state index in [-0.39, 0.29) is 17.1 Å². The summed E-state index contributed by atoms with van der Waals surface area (Å²) in [7, 11) is 0. The normalized spacial score (nSPS) is 25.0. The van der Waals surface area contributed by atoms with Crippen molar-refractivity contribution >= 4 is 40.3 Å². The van der Waals surface area contributed by atoms with Gasteiger partial charge in [0.25, 0.3) is 5.56 Å². The number of rotatable bonds is 2. The maximum absolute atomic E-state index is 12.9. The molecule has 1 atom stereocenters. The van der Waals surface area contributed by atoms with Gasteiger partial charge in [-0.25, -0.2) is 9.67 Å². The van der Waals surface area contributed by atoms with Crippen LogP contribution in [0.2, 0.25) is 0 Å². The standard InChI is InChI=1S/C17H20ClN5O2/c1-10-9-11(13(19)12(18)15(10)24)20-14-16(21-5-2-3-6-21)22-7-4-8-23(22)17(14)25/h9,12,19H,2-8H2,1H3. The van der Waals surface area contributed by atoms with E-state index in [1.165, 1.54) is 0 Å². The van der Waals surface area contributed by atoms with Crippen LogP contribution in [0.5, 0.6) is 0 Å². The van der Waals surface area contributed by atoms with Gasteiger partial charge in [-0.3, -0.25) is 14.3 Å². The Morgan fingerprint density at radius 1 is 1.12 bits per heavy atom. The molecule has 0 bridgehead atoms. The van der Waals surface area contributed by atoms with Crippen molar-refractivity contribution < 1.29 is 4.79 Å². The number of hydrogen-bond donors (Lipinski definition) is 1. The van der Waals surface area contributed by atoms with E-state index in [0.29, 0.717) is 23.5 Å². The quantitative estimate of drug-likeness (QED) is 0.816. The minimum Gasteiger partial charge on any atom is -0.355 e. The number of fused-ring (bicyclic) bond motifs is 1. The van der Waals surface area contributed by atoms with Gasteiger partial charge in [0.15, 0.2) is 17.3 Å². The van der Waals surface area contributed by atoms with Gasteiger partial charge in [0.05, 0.1) is 11.4 Å². The maximum Gasteiger partial charge on any atom is 0.294 e. The van der Waals surface area contributed by atoms with E-state index in [1.807, 2.05) is 4.68 Å². The molecular weight excluding hydrogens is 342 g/mol. The number of aromatic nitrogens is 2. The van der Waals surface area contributed by atoms with Crippen molar-refractivity contribution in [3.8, 4) is 0 Å². The number of carbonyl (C=O) groups is 1. The zero-order chi connectivity index (χ0) is 17.7. The summed E-state index contributed by atoms with van der Waals surface area (Å²) in [5, 5.41) is 7.10. The second kappa shape index (κ2) is 5.98. The Labute approximate surface area is 150 Å². The lowest BCUT2D eigenvalue weighted by Crippen LogP contribution is -2.35. The number of Topliss-reactive ketones (excluding diaryl/α,β-unsaturated/α-hetero) is 1. The molecule has 0 saturated carbocycles. The summed E-state index contributed by atoms with van der Waals surface area (Å²) in [5.41, 5.74) is 0.960. The maximum atomic E-state index is 12.9. The van der Waals surface area contributed by atoms with Gasteiger partial charge in [0, 0.05) is 26.2 Å². The predicted octanol–water partition coefficient (Wildman–Crippen LogP) is 1.88. The Balaban J connectivity index is 1.87. The number of allylic oxidation sites excluding steroid dienone is 2. The number of nitrogens with zero attached hydrogens (tertiary/aromatic N) is 4. The van der Waals surface area contributed by atoms with Crippen LogP contribution in [0.25, 0.3) is 0 Å². The third-order valence-corrected chi connectivity index (χ3v) is 5.48. The zero-order valence-electron chi connectivity index (χ0n) is 14.1. The Hall–Kier alpha value is -2.15. The van der Waals surface area contributed by atoms with Crippen LogP contribution in [0.3, 0.4) is 0 Å². The Kier molecular flexibility index (Phi) is 3.91. The molecule has 0 aromatic carbocycles. The lowest BCUT2D eigenvalue weighted by Gasteiger charge is -2.20. The van der Waals surface area contributed by atoms with Crippen molar-refractivity contribution in [1.29, 1.82) is 5.41 Å². The molecule has 1 saturated heterocycles. The zero-order valence-corrected chi connectivity index (χ0v) is 14.8. The van der Waals surface area contributed by atoms with Crippen molar-refractivity contribution in [1.82, 2.24) is 9.36 Å². The van der Waals surface area contributed by atoms with Gasteiger partial charge in [0.2, 0.25) is 0 Å². The second-order valence-corrected chi connectivity index (χ2v) is 7.17. The molecule has 0 amide bonds. The SMILES string of the molecule is CC1=CC(=Nc2c(N3CCCC3)n3n(c2=O)CCC3)C(=N)C(Cl)C1=O. The van der Waals surface area contributed by atoms with Crippen LogP contribution in [-0.2, 0) is 17.9 Å². The topological polar surface area (TPSA) is 83.4 Å². The fourth-order valence-corrected chi connectivity index (χ4v) is 4.03. The highest BCUT2D eigenvalue weighted by Crippen LogP contribution is 2.32. The van der Waals surface area contributed by atoms with Gasteiger partial charge in [-0.2, -0.15) is 0 Å². The van der Waals surface area contributed by atoms with Crippen molar-refractivity contribution in [3.63, 3.8) is 0 Å². The van der Waals surface area contributed by atoms with Gasteiger partial charge in [-0.05, 0) is 37.8 Å². The number of carbonyl (C=O) groups excluding carboxylic acids is 1. The van der Waals surface area contributed by atoms with Gasteiger partial charge >= 0.3 is 0 Å². The number of nitrogens with one attached hydrogen (secondary N) is 1.